The van der Waals surface area contributed by atoms with E-state index >= 15 is 0 Å². The summed E-state index contributed by atoms with van der Waals surface area (Å²) in [6.45, 7) is 4.61. The van der Waals surface area contributed by atoms with Crippen molar-refractivity contribution in [1.82, 2.24) is 9.97 Å². The van der Waals surface area contributed by atoms with E-state index in [9.17, 15) is 8.78 Å². The first-order valence-electron chi connectivity index (χ1n) is 15.5. The molecule has 0 aliphatic carbocycles. The summed E-state index contributed by atoms with van der Waals surface area (Å²) in [5, 5.41) is 0. The van der Waals surface area contributed by atoms with Crippen LogP contribution in [-0.4, -0.2) is 22.7 Å². The van der Waals surface area contributed by atoms with Gasteiger partial charge in [-0.3, -0.25) is 0 Å². The first kappa shape index (κ1) is 32.2. The van der Waals surface area contributed by atoms with E-state index in [4.69, 9.17) is 4.74 Å². The fourth-order valence-corrected chi connectivity index (χ4v) is 4.79. The molecule has 2 rings (SSSR count). The second kappa shape index (κ2) is 20.9. The van der Waals surface area contributed by atoms with Crippen molar-refractivity contribution in [2.75, 3.05) is 6.61 Å². The minimum Gasteiger partial charge on any atom is -0.490 e. The Kier molecular flexibility index (Phi) is 17.7. The van der Waals surface area contributed by atoms with Gasteiger partial charge in [-0.2, -0.15) is 0 Å². The van der Waals surface area contributed by atoms with Crippen LogP contribution in [0.25, 0.3) is 11.4 Å². The highest BCUT2D eigenvalue weighted by Gasteiger charge is 2.11. The Morgan fingerprint density at radius 1 is 0.711 bits per heavy atom. The van der Waals surface area contributed by atoms with Crippen LogP contribution in [0.1, 0.15) is 135 Å². The van der Waals surface area contributed by atoms with Gasteiger partial charge >= 0.3 is 0 Å². The summed E-state index contributed by atoms with van der Waals surface area (Å²) in [4.78, 5) is 8.91. The molecule has 0 amide bonds. The maximum Gasteiger partial charge on any atom is 0.165 e. The van der Waals surface area contributed by atoms with Gasteiger partial charge in [-0.05, 0) is 43.0 Å². The lowest BCUT2D eigenvalue weighted by Gasteiger charge is -2.11. The van der Waals surface area contributed by atoms with E-state index in [0.29, 0.717) is 24.2 Å². The Labute approximate surface area is 231 Å². The summed E-state index contributed by atoms with van der Waals surface area (Å²) < 4.78 is 34.1. The van der Waals surface area contributed by atoms with Crippen LogP contribution in [0.5, 0.6) is 5.75 Å². The molecule has 0 fully saturated rings. The second-order valence-electron chi connectivity index (χ2n) is 10.8. The Balaban J connectivity index is 1.62. The first-order valence-corrected chi connectivity index (χ1v) is 15.5. The van der Waals surface area contributed by atoms with Crippen molar-refractivity contribution in [1.29, 1.82) is 0 Å². The van der Waals surface area contributed by atoms with Crippen molar-refractivity contribution < 1.29 is 13.5 Å². The lowest BCUT2D eigenvalue weighted by Crippen LogP contribution is -2.08. The summed E-state index contributed by atoms with van der Waals surface area (Å²) in [7, 11) is 0. The van der Waals surface area contributed by atoms with Crippen LogP contribution in [0.3, 0.4) is 0 Å². The number of rotatable bonds is 23. The van der Waals surface area contributed by atoms with Gasteiger partial charge in [-0.1, -0.05) is 110 Å². The molecule has 1 heterocycles. The standard InChI is InChI=1S/C33H52F2N2O/c1-3-5-7-9-10-11-12-13-14-16-17-19-28-26-36-33(37-27-28)29-21-22-32(31(35)25-29)38-24-23-30(34)20-18-15-8-6-4-2/h21-22,25-27,30H,3-20,23-24H2,1-2H3. The molecule has 0 spiro atoms. The van der Waals surface area contributed by atoms with Gasteiger partial charge in [0.1, 0.15) is 6.17 Å². The number of halogens is 2. The zero-order valence-electron chi connectivity index (χ0n) is 24.2. The fourth-order valence-electron chi connectivity index (χ4n) is 4.79. The van der Waals surface area contributed by atoms with Crippen LogP contribution < -0.4 is 4.74 Å². The lowest BCUT2D eigenvalue weighted by atomic mass is 10.0. The smallest absolute Gasteiger partial charge is 0.165 e. The molecular weight excluding hydrogens is 478 g/mol. The fraction of sp³-hybridized carbons (Fsp3) is 0.697. The zero-order chi connectivity index (χ0) is 27.3. The third kappa shape index (κ3) is 14.2. The molecule has 3 nitrogen and oxygen atoms in total. The molecule has 0 aliphatic heterocycles. The number of aryl methyl sites for hydroxylation is 1. The average molecular weight is 531 g/mol. The number of alkyl halides is 1. The molecule has 1 unspecified atom stereocenters. The molecule has 1 aromatic heterocycles. The van der Waals surface area contributed by atoms with Crippen LogP contribution in [0.15, 0.2) is 30.6 Å². The van der Waals surface area contributed by atoms with Crippen LogP contribution in [-0.2, 0) is 6.42 Å². The lowest BCUT2D eigenvalue weighted by molar-refractivity contribution is 0.217. The minimum absolute atomic E-state index is 0.150. The van der Waals surface area contributed by atoms with E-state index in [1.807, 2.05) is 12.4 Å². The summed E-state index contributed by atoms with van der Waals surface area (Å²) >= 11 is 0. The molecule has 1 aromatic carbocycles. The van der Waals surface area contributed by atoms with Crippen molar-refractivity contribution in [2.24, 2.45) is 0 Å². The molecule has 0 saturated heterocycles. The van der Waals surface area contributed by atoms with Gasteiger partial charge in [0.25, 0.3) is 0 Å². The largest absolute Gasteiger partial charge is 0.490 e. The van der Waals surface area contributed by atoms with Gasteiger partial charge in [0, 0.05) is 24.4 Å². The average Bonchev–Trinajstić information content (AvgIpc) is 2.93. The third-order valence-corrected chi connectivity index (χ3v) is 7.27. The molecule has 5 heteroatoms. The Hall–Kier alpha value is -2.04. The number of hydrogen-bond donors (Lipinski definition) is 0. The normalized spacial score (nSPS) is 12.1. The van der Waals surface area contributed by atoms with Gasteiger partial charge in [0.05, 0.1) is 6.61 Å². The van der Waals surface area contributed by atoms with E-state index < -0.39 is 12.0 Å². The van der Waals surface area contributed by atoms with E-state index in [0.717, 1.165) is 31.2 Å². The number of nitrogens with zero attached hydrogens (tertiary/aromatic N) is 2. The number of unbranched alkanes of at least 4 members (excludes halogenated alkanes) is 14. The Bertz CT molecular complexity index is 843. The van der Waals surface area contributed by atoms with Crippen LogP contribution >= 0.6 is 0 Å². The van der Waals surface area contributed by atoms with Crippen LogP contribution in [0, 0.1) is 5.82 Å². The molecule has 0 saturated carbocycles. The monoisotopic (exact) mass is 530 g/mol. The van der Waals surface area contributed by atoms with E-state index in [1.54, 1.807) is 12.1 Å². The quantitative estimate of drug-likeness (QED) is 0.134. The topological polar surface area (TPSA) is 35.0 Å². The van der Waals surface area contributed by atoms with Gasteiger partial charge in [0.2, 0.25) is 0 Å². The number of aromatic nitrogens is 2. The molecule has 38 heavy (non-hydrogen) atoms. The zero-order valence-corrected chi connectivity index (χ0v) is 24.2. The highest BCUT2D eigenvalue weighted by Crippen LogP contribution is 2.24. The van der Waals surface area contributed by atoms with E-state index in [2.05, 4.69) is 23.8 Å². The molecule has 0 radical (unpaired) electrons. The molecule has 0 bridgehead atoms. The van der Waals surface area contributed by atoms with Crippen molar-refractivity contribution >= 4 is 0 Å². The summed E-state index contributed by atoms with van der Waals surface area (Å²) in [5.41, 5.74) is 1.74. The van der Waals surface area contributed by atoms with Crippen molar-refractivity contribution in [2.45, 2.75) is 142 Å². The van der Waals surface area contributed by atoms with Crippen molar-refractivity contribution in [3.8, 4) is 17.1 Å². The molecule has 2 aromatic rings. The second-order valence-corrected chi connectivity index (χ2v) is 10.8. The molecule has 1 atom stereocenters. The summed E-state index contributed by atoms with van der Waals surface area (Å²) in [6.07, 6.45) is 24.8. The van der Waals surface area contributed by atoms with Gasteiger partial charge in [-0.25, -0.2) is 18.7 Å². The van der Waals surface area contributed by atoms with Gasteiger partial charge in [-0.15, -0.1) is 0 Å². The minimum atomic E-state index is -0.893. The Morgan fingerprint density at radius 3 is 1.84 bits per heavy atom. The first-order chi connectivity index (χ1) is 18.6. The number of ether oxygens (including phenoxy) is 1. The van der Waals surface area contributed by atoms with Crippen LogP contribution in [0.4, 0.5) is 8.78 Å². The van der Waals surface area contributed by atoms with Gasteiger partial charge in [0.15, 0.2) is 17.4 Å². The molecular formula is C33H52F2N2O. The highest BCUT2D eigenvalue weighted by atomic mass is 19.1. The predicted octanol–water partition coefficient (Wildman–Crippen LogP) is 10.6. The molecule has 214 valence electrons. The van der Waals surface area contributed by atoms with E-state index in [-0.39, 0.29) is 12.4 Å². The maximum absolute atomic E-state index is 14.6. The predicted molar refractivity (Wildman–Crippen MR) is 156 cm³/mol. The number of benzene rings is 1. The SMILES string of the molecule is CCCCCCCCCCCCCc1cnc(-c2ccc(OCCC(F)CCCCCCC)c(F)c2)nc1. The van der Waals surface area contributed by atoms with Crippen LogP contribution in [0.2, 0.25) is 0 Å². The molecule has 0 N–H and O–H groups in total. The van der Waals surface area contributed by atoms with E-state index in [1.165, 1.54) is 89.5 Å². The number of hydrogen-bond acceptors (Lipinski definition) is 3. The molecule has 0 aliphatic rings. The Morgan fingerprint density at radius 2 is 1.26 bits per heavy atom. The third-order valence-electron chi connectivity index (χ3n) is 7.27. The highest BCUT2D eigenvalue weighted by molar-refractivity contribution is 5.56. The summed E-state index contributed by atoms with van der Waals surface area (Å²) in [5.74, 6) is 0.188. The van der Waals surface area contributed by atoms with Crippen molar-refractivity contribution in [3.63, 3.8) is 0 Å². The maximum atomic E-state index is 14.6. The van der Waals surface area contributed by atoms with Gasteiger partial charge < -0.3 is 4.74 Å². The summed E-state index contributed by atoms with van der Waals surface area (Å²) in [6, 6.07) is 4.75. The van der Waals surface area contributed by atoms with Crippen molar-refractivity contribution in [3.05, 3.63) is 42.0 Å².